The van der Waals surface area contributed by atoms with Crippen LogP contribution in [0.15, 0.2) is 24.3 Å². The maximum Gasteiger partial charge on any atom is 0.119 e. The van der Waals surface area contributed by atoms with Gasteiger partial charge in [0.15, 0.2) is 0 Å². The Kier molecular flexibility index (Phi) is 5.59. The number of benzene rings is 1. The summed E-state index contributed by atoms with van der Waals surface area (Å²) in [6.45, 7) is 7.68. The van der Waals surface area contributed by atoms with Crippen LogP contribution in [0.3, 0.4) is 0 Å². The number of terminal acetylenes is 1. The van der Waals surface area contributed by atoms with Gasteiger partial charge in [-0.05, 0) is 30.5 Å². The molecule has 0 fully saturated rings. The van der Waals surface area contributed by atoms with Gasteiger partial charge in [0.25, 0.3) is 0 Å². The summed E-state index contributed by atoms with van der Waals surface area (Å²) in [6, 6.07) is 8.20. The minimum atomic E-state index is 0.116. The average Bonchev–Trinajstić information content (AvgIpc) is 2.30. The molecular weight excluding hydrogens is 210 g/mol. The predicted octanol–water partition coefficient (Wildman–Crippen LogP) is 2.83. The Morgan fingerprint density at radius 3 is 2.76 bits per heavy atom. The fraction of sp³-hybridized carbons (Fsp3) is 0.467. The third kappa shape index (κ3) is 4.50. The second-order valence-electron chi connectivity index (χ2n) is 4.35. The Morgan fingerprint density at radius 1 is 1.41 bits per heavy atom. The van der Waals surface area contributed by atoms with E-state index in [9.17, 15) is 0 Å². The minimum Gasteiger partial charge on any atom is -0.494 e. The average molecular weight is 231 g/mol. The van der Waals surface area contributed by atoms with E-state index in [2.05, 4.69) is 31.2 Å². The van der Waals surface area contributed by atoms with Crippen molar-refractivity contribution in [3.63, 3.8) is 0 Å². The van der Waals surface area contributed by atoms with Crippen LogP contribution >= 0.6 is 0 Å². The molecular formula is C15H21NO. The number of nitrogens with one attached hydrogen (secondary N) is 1. The zero-order chi connectivity index (χ0) is 12.7. The van der Waals surface area contributed by atoms with Gasteiger partial charge in [0.2, 0.25) is 0 Å². The van der Waals surface area contributed by atoms with E-state index in [0.29, 0.717) is 12.5 Å². The molecule has 0 radical (unpaired) electrons. The van der Waals surface area contributed by atoms with Gasteiger partial charge in [-0.3, -0.25) is 5.32 Å². The highest BCUT2D eigenvalue weighted by atomic mass is 16.5. The van der Waals surface area contributed by atoms with E-state index >= 15 is 0 Å². The second kappa shape index (κ2) is 6.98. The number of hydrogen-bond acceptors (Lipinski definition) is 2. The molecule has 0 aliphatic heterocycles. The molecule has 1 rings (SSSR count). The molecule has 0 heterocycles. The van der Waals surface area contributed by atoms with Crippen LogP contribution in [0.5, 0.6) is 5.75 Å². The van der Waals surface area contributed by atoms with Gasteiger partial charge < -0.3 is 4.74 Å². The monoisotopic (exact) mass is 231 g/mol. The van der Waals surface area contributed by atoms with E-state index in [4.69, 9.17) is 11.2 Å². The number of hydrogen-bond donors (Lipinski definition) is 1. The van der Waals surface area contributed by atoms with Gasteiger partial charge in [-0.2, -0.15) is 0 Å². The normalized spacial score (nSPS) is 12.2. The largest absolute Gasteiger partial charge is 0.494 e. The lowest BCUT2D eigenvalue weighted by atomic mass is 10.1. The van der Waals surface area contributed by atoms with Crippen LogP contribution in [-0.4, -0.2) is 12.6 Å². The van der Waals surface area contributed by atoms with Gasteiger partial charge in [-0.1, -0.05) is 31.9 Å². The highest BCUT2D eigenvalue weighted by Crippen LogP contribution is 2.13. The fourth-order valence-corrected chi connectivity index (χ4v) is 1.63. The van der Waals surface area contributed by atoms with E-state index in [-0.39, 0.29) is 6.04 Å². The van der Waals surface area contributed by atoms with E-state index in [1.54, 1.807) is 0 Å². The lowest BCUT2D eigenvalue weighted by molar-refractivity contribution is 0.339. The van der Waals surface area contributed by atoms with E-state index in [1.165, 1.54) is 5.56 Å². The topological polar surface area (TPSA) is 21.3 Å². The Labute approximate surface area is 104 Å². The molecule has 1 unspecified atom stereocenters. The molecule has 0 saturated heterocycles. The van der Waals surface area contributed by atoms with Crippen LogP contribution in [-0.2, 0) is 6.54 Å². The summed E-state index contributed by atoms with van der Waals surface area (Å²) in [5.74, 6) is 4.12. The SMILES string of the molecule is C#CC(NCc1cccc(OCC)c1)C(C)C. The molecule has 17 heavy (non-hydrogen) atoms. The number of ether oxygens (including phenoxy) is 1. The van der Waals surface area contributed by atoms with Gasteiger partial charge in [0, 0.05) is 6.54 Å². The molecule has 2 heteroatoms. The van der Waals surface area contributed by atoms with Crippen LogP contribution in [0, 0.1) is 18.3 Å². The Hall–Kier alpha value is -1.46. The summed E-state index contributed by atoms with van der Waals surface area (Å²) < 4.78 is 5.46. The molecule has 0 spiro atoms. The summed E-state index contributed by atoms with van der Waals surface area (Å²) in [6.07, 6.45) is 5.48. The highest BCUT2D eigenvalue weighted by molar-refractivity contribution is 5.28. The first-order chi connectivity index (χ1) is 8.17. The molecule has 0 amide bonds. The van der Waals surface area contributed by atoms with Gasteiger partial charge in [-0.15, -0.1) is 6.42 Å². The zero-order valence-electron chi connectivity index (χ0n) is 10.9. The number of rotatable bonds is 6. The molecule has 0 saturated carbocycles. The van der Waals surface area contributed by atoms with Crippen molar-refractivity contribution in [2.45, 2.75) is 33.4 Å². The van der Waals surface area contributed by atoms with E-state index in [1.807, 2.05) is 25.1 Å². The van der Waals surface area contributed by atoms with Gasteiger partial charge in [-0.25, -0.2) is 0 Å². The van der Waals surface area contributed by atoms with Crippen molar-refractivity contribution in [2.75, 3.05) is 6.61 Å². The van der Waals surface area contributed by atoms with Crippen LogP contribution < -0.4 is 10.1 Å². The van der Waals surface area contributed by atoms with Crippen molar-refractivity contribution in [3.05, 3.63) is 29.8 Å². The van der Waals surface area contributed by atoms with Gasteiger partial charge in [0.1, 0.15) is 5.75 Å². The summed E-state index contributed by atoms with van der Waals surface area (Å²) >= 11 is 0. The molecule has 0 aliphatic rings. The van der Waals surface area contributed by atoms with Crippen LogP contribution in [0.2, 0.25) is 0 Å². The van der Waals surface area contributed by atoms with Gasteiger partial charge in [0.05, 0.1) is 12.6 Å². The minimum absolute atomic E-state index is 0.116. The second-order valence-corrected chi connectivity index (χ2v) is 4.35. The quantitative estimate of drug-likeness (QED) is 0.760. The molecule has 0 bridgehead atoms. The van der Waals surface area contributed by atoms with Crippen LogP contribution in [0.25, 0.3) is 0 Å². The third-order valence-corrected chi connectivity index (χ3v) is 2.58. The Bertz CT molecular complexity index is 379. The third-order valence-electron chi connectivity index (χ3n) is 2.58. The predicted molar refractivity (Wildman–Crippen MR) is 71.9 cm³/mol. The van der Waals surface area contributed by atoms with Crippen molar-refractivity contribution >= 4 is 0 Å². The first kappa shape index (κ1) is 13.6. The first-order valence-electron chi connectivity index (χ1n) is 6.08. The molecule has 1 aromatic carbocycles. The maximum atomic E-state index is 5.48. The smallest absolute Gasteiger partial charge is 0.119 e. The standard InChI is InChI=1S/C15H21NO/c1-5-15(12(3)4)16-11-13-8-7-9-14(10-13)17-6-2/h1,7-10,12,15-16H,6,11H2,2-4H3. The van der Waals surface area contributed by atoms with Crippen molar-refractivity contribution < 1.29 is 4.74 Å². The van der Waals surface area contributed by atoms with Crippen molar-refractivity contribution in [1.82, 2.24) is 5.32 Å². The van der Waals surface area contributed by atoms with Crippen molar-refractivity contribution in [3.8, 4) is 18.1 Å². The summed E-state index contributed by atoms with van der Waals surface area (Å²) in [5, 5.41) is 3.36. The maximum absolute atomic E-state index is 5.48. The molecule has 92 valence electrons. The molecule has 0 aliphatic carbocycles. The van der Waals surface area contributed by atoms with Crippen LogP contribution in [0.4, 0.5) is 0 Å². The Balaban J connectivity index is 2.57. The van der Waals surface area contributed by atoms with Gasteiger partial charge >= 0.3 is 0 Å². The summed E-state index contributed by atoms with van der Waals surface area (Å²) in [4.78, 5) is 0. The lowest BCUT2D eigenvalue weighted by Gasteiger charge is -2.16. The van der Waals surface area contributed by atoms with Crippen molar-refractivity contribution in [1.29, 1.82) is 0 Å². The fourth-order valence-electron chi connectivity index (χ4n) is 1.63. The molecule has 1 atom stereocenters. The van der Waals surface area contributed by atoms with E-state index < -0.39 is 0 Å². The zero-order valence-corrected chi connectivity index (χ0v) is 10.9. The molecule has 2 nitrogen and oxygen atoms in total. The molecule has 0 aromatic heterocycles. The van der Waals surface area contributed by atoms with Crippen molar-refractivity contribution in [2.24, 2.45) is 5.92 Å². The summed E-state index contributed by atoms with van der Waals surface area (Å²) in [7, 11) is 0. The lowest BCUT2D eigenvalue weighted by Crippen LogP contribution is -2.31. The first-order valence-corrected chi connectivity index (χ1v) is 6.08. The Morgan fingerprint density at radius 2 is 2.18 bits per heavy atom. The van der Waals surface area contributed by atoms with E-state index in [0.717, 1.165) is 12.3 Å². The molecule has 1 N–H and O–H groups in total. The molecule has 1 aromatic rings. The van der Waals surface area contributed by atoms with Crippen LogP contribution in [0.1, 0.15) is 26.3 Å². The highest BCUT2D eigenvalue weighted by Gasteiger charge is 2.08. The summed E-state index contributed by atoms with van der Waals surface area (Å²) in [5.41, 5.74) is 1.19.